The van der Waals surface area contributed by atoms with E-state index in [9.17, 15) is 0 Å². The molecular weight excluding hydrogens is 234 g/mol. The number of halogens is 1. The van der Waals surface area contributed by atoms with Crippen LogP contribution in [-0.4, -0.2) is 21.4 Å². The third kappa shape index (κ3) is 2.89. The maximum absolute atomic E-state index is 6.12. The van der Waals surface area contributed by atoms with Crippen LogP contribution in [0.15, 0.2) is 6.07 Å². The topological polar surface area (TPSA) is 37.8 Å². The molecule has 1 aromatic heterocycles. The predicted molar refractivity (Wildman–Crippen MR) is 71.7 cm³/mol. The number of nitrogens with zero attached hydrogens (tertiary/aromatic N) is 2. The molecule has 1 fully saturated rings. The Kier molecular flexibility index (Phi) is 3.87. The molecule has 0 unspecified atom stereocenters. The number of anilines is 1. The number of hydrogen-bond donors (Lipinski definition) is 1. The van der Waals surface area contributed by atoms with Crippen LogP contribution in [0.25, 0.3) is 0 Å². The molecule has 94 valence electrons. The number of alkyl halides is 1. The van der Waals surface area contributed by atoms with E-state index < -0.39 is 0 Å². The van der Waals surface area contributed by atoms with Crippen molar-refractivity contribution in [2.75, 3.05) is 11.2 Å². The fraction of sp³-hybridized carbons (Fsp3) is 0.692. The fourth-order valence-electron chi connectivity index (χ4n) is 2.49. The van der Waals surface area contributed by atoms with Gasteiger partial charge in [0.1, 0.15) is 11.6 Å². The molecule has 0 radical (unpaired) electrons. The summed E-state index contributed by atoms with van der Waals surface area (Å²) in [4.78, 5) is 8.85. The normalized spacial score (nSPS) is 18.3. The molecule has 1 aromatic rings. The summed E-state index contributed by atoms with van der Waals surface area (Å²) in [6.07, 6.45) is 5.72. The summed E-state index contributed by atoms with van der Waals surface area (Å²) in [7, 11) is 0. The molecule has 0 aliphatic heterocycles. The molecule has 2 rings (SSSR count). The van der Waals surface area contributed by atoms with Gasteiger partial charge in [0.05, 0.1) is 5.54 Å². The molecule has 1 aliphatic rings. The molecular formula is C13H20ClN3. The highest BCUT2D eigenvalue weighted by Gasteiger charge is 2.33. The van der Waals surface area contributed by atoms with Crippen molar-refractivity contribution in [1.29, 1.82) is 0 Å². The van der Waals surface area contributed by atoms with Gasteiger partial charge in [0.25, 0.3) is 0 Å². The van der Waals surface area contributed by atoms with Gasteiger partial charge in [-0.3, -0.25) is 0 Å². The lowest BCUT2D eigenvalue weighted by atomic mass is 10.0. The first-order chi connectivity index (χ1) is 8.17. The summed E-state index contributed by atoms with van der Waals surface area (Å²) in [5.41, 5.74) is 1.13. The Bertz CT molecular complexity index is 386. The lowest BCUT2D eigenvalue weighted by Crippen LogP contribution is -2.37. The van der Waals surface area contributed by atoms with Crippen molar-refractivity contribution in [3.8, 4) is 0 Å². The van der Waals surface area contributed by atoms with Crippen molar-refractivity contribution in [3.05, 3.63) is 17.6 Å². The summed E-state index contributed by atoms with van der Waals surface area (Å²) in [5.74, 6) is 2.41. The van der Waals surface area contributed by atoms with Crippen LogP contribution in [-0.2, 0) is 6.42 Å². The molecule has 1 aliphatic carbocycles. The first-order valence-corrected chi connectivity index (χ1v) is 6.89. The Hall–Kier alpha value is -0.830. The smallest absolute Gasteiger partial charge is 0.130 e. The van der Waals surface area contributed by atoms with E-state index in [0.29, 0.717) is 5.88 Å². The van der Waals surface area contributed by atoms with E-state index in [-0.39, 0.29) is 5.54 Å². The van der Waals surface area contributed by atoms with Crippen molar-refractivity contribution < 1.29 is 0 Å². The van der Waals surface area contributed by atoms with Gasteiger partial charge < -0.3 is 5.32 Å². The van der Waals surface area contributed by atoms with Gasteiger partial charge in [0, 0.05) is 17.6 Å². The van der Waals surface area contributed by atoms with E-state index in [2.05, 4.69) is 22.2 Å². The molecule has 1 saturated carbocycles. The molecule has 3 nitrogen and oxygen atoms in total. The van der Waals surface area contributed by atoms with Crippen LogP contribution < -0.4 is 5.32 Å². The van der Waals surface area contributed by atoms with Gasteiger partial charge in [-0.25, -0.2) is 9.97 Å². The standard InChI is InChI=1S/C13H20ClN3/c1-3-11-8-12(16-10(2)15-11)17-13(9-14)6-4-5-7-13/h8H,3-7,9H2,1-2H3,(H,15,16,17). The molecule has 1 N–H and O–H groups in total. The summed E-state index contributed by atoms with van der Waals surface area (Å²) in [6, 6.07) is 2.04. The Balaban J connectivity index is 2.19. The van der Waals surface area contributed by atoms with Crippen LogP contribution in [0.2, 0.25) is 0 Å². The van der Waals surface area contributed by atoms with Gasteiger partial charge >= 0.3 is 0 Å². The van der Waals surface area contributed by atoms with Crippen molar-refractivity contribution >= 4 is 17.4 Å². The number of hydrogen-bond acceptors (Lipinski definition) is 3. The lowest BCUT2D eigenvalue weighted by Gasteiger charge is -2.28. The summed E-state index contributed by atoms with van der Waals surface area (Å²) in [5, 5.41) is 3.54. The Morgan fingerprint density at radius 2 is 2.06 bits per heavy atom. The van der Waals surface area contributed by atoms with Crippen LogP contribution in [0.5, 0.6) is 0 Å². The van der Waals surface area contributed by atoms with Crippen molar-refractivity contribution in [3.63, 3.8) is 0 Å². The highest BCUT2D eigenvalue weighted by atomic mass is 35.5. The predicted octanol–water partition coefficient (Wildman–Crippen LogP) is 3.31. The molecule has 0 aromatic carbocycles. The minimum atomic E-state index is 0.0490. The van der Waals surface area contributed by atoms with Crippen LogP contribution in [0.3, 0.4) is 0 Å². The second kappa shape index (κ2) is 5.21. The molecule has 1 heterocycles. The van der Waals surface area contributed by atoms with Gasteiger partial charge in [-0.05, 0) is 26.2 Å². The first kappa shape index (κ1) is 12.6. The monoisotopic (exact) mass is 253 g/mol. The molecule has 0 spiro atoms. The minimum Gasteiger partial charge on any atom is -0.363 e. The van der Waals surface area contributed by atoms with E-state index in [1.165, 1.54) is 12.8 Å². The number of aryl methyl sites for hydroxylation is 2. The maximum Gasteiger partial charge on any atom is 0.130 e. The van der Waals surface area contributed by atoms with Crippen molar-refractivity contribution in [1.82, 2.24) is 9.97 Å². The number of nitrogens with one attached hydrogen (secondary N) is 1. The Morgan fingerprint density at radius 1 is 1.35 bits per heavy atom. The van der Waals surface area contributed by atoms with E-state index in [0.717, 1.165) is 36.6 Å². The van der Waals surface area contributed by atoms with Crippen LogP contribution in [0.1, 0.15) is 44.1 Å². The molecule has 4 heteroatoms. The van der Waals surface area contributed by atoms with E-state index in [1.807, 2.05) is 13.0 Å². The summed E-state index contributed by atoms with van der Waals surface area (Å²) >= 11 is 6.12. The van der Waals surface area contributed by atoms with Gasteiger partial charge in [-0.2, -0.15) is 0 Å². The summed E-state index contributed by atoms with van der Waals surface area (Å²) in [6.45, 7) is 4.05. The quantitative estimate of drug-likeness (QED) is 0.837. The molecule has 17 heavy (non-hydrogen) atoms. The SMILES string of the molecule is CCc1cc(NC2(CCl)CCCC2)nc(C)n1. The lowest BCUT2D eigenvalue weighted by molar-refractivity contribution is 0.537. The van der Waals surface area contributed by atoms with Gasteiger partial charge in [-0.15, -0.1) is 11.6 Å². The van der Waals surface area contributed by atoms with Crippen LogP contribution >= 0.6 is 11.6 Å². The van der Waals surface area contributed by atoms with Crippen molar-refractivity contribution in [2.45, 2.75) is 51.5 Å². The highest BCUT2D eigenvalue weighted by molar-refractivity contribution is 6.18. The van der Waals surface area contributed by atoms with Gasteiger partial charge in [0.15, 0.2) is 0 Å². The van der Waals surface area contributed by atoms with Crippen LogP contribution in [0.4, 0.5) is 5.82 Å². The van der Waals surface area contributed by atoms with Gasteiger partial charge in [0.2, 0.25) is 0 Å². The maximum atomic E-state index is 6.12. The zero-order chi connectivity index (χ0) is 12.3. The Morgan fingerprint density at radius 3 is 2.65 bits per heavy atom. The highest BCUT2D eigenvalue weighted by Crippen LogP contribution is 2.33. The van der Waals surface area contributed by atoms with Crippen molar-refractivity contribution in [2.24, 2.45) is 0 Å². The molecule has 0 amide bonds. The third-order valence-electron chi connectivity index (χ3n) is 3.46. The molecule has 0 atom stereocenters. The second-order valence-corrected chi connectivity index (χ2v) is 5.16. The average Bonchev–Trinajstić information content (AvgIpc) is 2.77. The minimum absolute atomic E-state index is 0.0490. The first-order valence-electron chi connectivity index (χ1n) is 6.36. The van der Waals surface area contributed by atoms with Crippen LogP contribution in [0, 0.1) is 6.92 Å². The Labute approximate surface area is 108 Å². The number of rotatable bonds is 4. The zero-order valence-corrected chi connectivity index (χ0v) is 11.3. The fourth-order valence-corrected chi connectivity index (χ4v) is 2.82. The van der Waals surface area contributed by atoms with E-state index >= 15 is 0 Å². The zero-order valence-electron chi connectivity index (χ0n) is 10.6. The number of aromatic nitrogens is 2. The second-order valence-electron chi connectivity index (χ2n) is 4.89. The van der Waals surface area contributed by atoms with E-state index in [1.54, 1.807) is 0 Å². The van der Waals surface area contributed by atoms with Gasteiger partial charge in [-0.1, -0.05) is 19.8 Å². The molecule has 0 bridgehead atoms. The average molecular weight is 254 g/mol. The van der Waals surface area contributed by atoms with E-state index in [4.69, 9.17) is 11.6 Å². The summed E-state index contributed by atoms with van der Waals surface area (Å²) < 4.78 is 0. The third-order valence-corrected chi connectivity index (χ3v) is 3.97. The molecule has 0 saturated heterocycles. The largest absolute Gasteiger partial charge is 0.363 e.